The maximum Gasteiger partial charge on any atom is 0.105 e. The van der Waals surface area contributed by atoms with E-state index in [2.05, 4.69) is 6.07 Å². The predicted molar refractivity (Wildman–Crippen MR) is 68.1 cm³/mol. The van der Waals surface area contributed by atoms with E-state index < -0.39 is 12.2 Å². The Morgan fingerprint density at radius 3 is 1.88 bits per heavy atom. The van der Waals surface area contributed by atoms with Crippen molar-refractivity contribution in [3.63, 3.8) is 0 Å². The van der Waals surface area contributed by atoms with Crippen molar-refractivity contribution >= 4 is 0 Å². The zero-order valence-corrected chi connectivity index (χ0v) is 11.0. The lowest BCUT2D eigenvalue weighted by Gasteiger charge is -2.23. The molecular formula is C14H22O3. The van der Waals surface area contributed by atoms with Crippen molar-refractivity contribution in [3.8, 4) is 0 Å². The molecule has 96 valence electrons. The smallest absolute Gasteiger partial charge is 0.105 e. The minimum absolute atomic E-state index is 0.124. The Morgan fingerprint density at radius 2 is 1.47 bits per heavy atom. The van der Waals surface area contributed by atoms with E-state index in [4.69, 9.17) is 5.11 Å². The molecule has 3 heteroatoms. The summed E-state index contributed by atoms with van der Waals surface area (Å²) in [4.78, 5) is 0. The molecule has 0 saturated carbocycles. The van der Waals surface area contributed by atoms with Crippen molar-refractivity contribution in [2.45, 2.75) is 46.3 Å². The molecule has 0 aliphatic carbocycles. The Balaban J connectivity index is 3.20. The monoisotopic (exact) mass is 238 g/mol. The highest BCUT2D eigenvalue weighted by Crippen LogP contribution is 2.29. The molecule has 0 fully saturated rings. The van der Waals surface area contributed by atoms with Gasteiger partial charge in [0.15, 0.2) is 0 Å². The Kier molecular flexibility index (Phi) is 4.69. The summed E-state index contributed by atoms with van der Waals surface area (Å²) in [6.45, 7) is 7.77. The first-order valence-electron chi connectivity index (χ1n) is 5.94. The Hall–Kier alpha value is -0.900. The second-order valence-corrected chi connectivity index (χ2v) is 4.70. The molecule has 3 nitrogen and oxygen atoms in total. The SMILES string of the molecule is Cc1cc(C)c(C)c(C(O)C(O)CCO)c1C. The van der Waals surface area contributed by atoms with Crippen LogP contribution in [0.15, 0.2) is 6.07 Å². The van der Waals surface area contributed by atoms with E-state index in [0.29, 0.717) is 0 Å². The van der Waals surface area contributed by atoms with Crippen LogP contribution in [0.1, 0.15) is 40.3 Å². The van der Waals surface area contributed by atoms with E-state index >= 15 is 0 Å². The van der Waals surface area contributed by atoms with Gasteiger partial charge in [-0.3, -0.25) is 0 Å². The van der Waals surface area contributed by atoms with E-state index in [-0.39, 0.29) is 13.0 Å². The highest BCUT2D eigenvalue weighted by atomic mass is 16.3. The van der Waals surface area contributed by atoms with Crippen LogP contribution in [0.5, 0.6) is 0 Å². The lowest BCUT2D eigenvalue weighted by Crippen LogP contribution is -2.21. The highest BCUT2D eigenvalue weighted by molar-refractivity contribution is 5.45. The summed E-state index contributed by atoms with van der Waals surface area (Å²) in [5.41, 5.74) is 5.04. The van der Waals surface area contributed by atoms with E-state index in [1.54, 1.807) is 0 Å². The fourth-order valence-electron chi connectivity index (χ4n) is 2.17. The zero-order chi connectivity index (χ0) is 13.2. The standard InChI is InChI=1S/C14H22O3/c1-8-7-9(2)11(4)13(10(8)3)14(17)12(16)5-6-15/h7,12,14-17H,5-6H2,1-4H3. The van der Waals surface area contributed by atoms with Gasteiger partial charge in [-0.05, 0) is 61.9 Å². The Labute approximate surface area is 103 Å². The van der Waals surface area contributed by atoms with Crippen LogP contribution in [0.2, 0.25) is 0 Å². The Morgan fingerprint density at radius 1 is 1.00 bits per heavy atom. The van der Waals surface area contributed by atoms with Crippen molar-refractivity contribution in [3.05, 3.63) is 33.9 Å². The minimum Gasteiger partial charge on any atom is -0.396 e. The summed E-state index contributed by atoms with van der Waals surface area (Å²) in [6.07, 6.45) is -1.66. The van der Waals surface area contributed by atoms with Crippen LogP contribution in [-0.4, -0.2) is 28.0 Å². The molecule has 3 N–H and O–H groups in total. The van der Waals surface area contributed by atoms with Crippen molar-refractivity contribution in [1.29, 1.82) is 0 Å². The van der Waals surface area contributed by atoms with Crippen LogP contribution >= 0.6 is 0 Å². The molecule has 2 unspecified atom stereocenters. The van der Waals surface area contributed by atoms with Gasteiger partial charge in [0.25, 0.3) is 0 Å². The molecule has 1 aromatic rings. The highest BCUT2D eigenvalue weighted by Gasteiger charge is 2.22. The normalized spacial score (nSPS) is 14.8. The number of hydrogen-bond donors (Lipinski definition) is 3. The molecule has 0 aliphatic rings. The number of rotatable bonds is 4. The summed E-state index contributed by atoms with van der Waals surface area (Å²) >= 11 is 0. The second-order valence-electron chi connectivity index (χ2n) is 4.70. The summed E-state index contributed by atoms with van der Waals surface area (Å²) < 4.78 is 0. The van der Waals surface area contributed by atoms with Gasteiger partial charge < -0.3 is 15.3 Å². The molecule has 0 amide bonds. The van der Waals surface area contributed by atoms with Gasteiger partial charge in [-0.15, -0.1) is 0 Å². The number of aliphatic hydroxyl groups excluding tert-OH is 3. The van der Waals surface area contributed by atoms with Gasteiger partial charge in [0, 0.05) is 6.61 Å². The van der Waals surface area contributed by atoms with Crippen molar-refractivity contribution in [2.75, 3.05) is 6.61 Å². The molecule has 0 radical (unpaired) electrons. The van der Waals surface area contributed by atoms with Crippen LogP contribution in [0.25, 0.3) is 0 Å². The topological polar surface area (TPSA) is 60.7 Å². The fourth-order valence-corrected chi connectivity index (χ4v) is 2.17. The molecule has 0 heterocycles. The molecular weight excluding hydrogens is 216 g/mol. The van der Waals surface area contributed by atoms with E-state index in [1.165, 1.54) is 0 Å². The molecule has 0 bridgehead atoms. The number of aryl methyl sites for hydroxylation is 2. The first-order valence-corrected chi connectivity index (χ1v) is 5.94. The van der Waals surface area contributed by atoms with Crippen molar-refractivity contribution in [2.24, 2.45) is 0 Å². The average molecular weight is 238 g/mol. The summed E-state index contributed by atoms with van der Waals surface area (Å²) in [5.74, 6) is 0. The van der Waals surface area contributed by atoms with Gasteiger partial charge in [0.2, 0.25) is 0 Å². The molecule has 2 atom stereocenters. The first kappa shape index (κ1) is 14.2. The lowest BCUT2D eigenvalue weighted by atomic mass is 9.88. The van der Waals surface area contributed by atoms with Crippen LogP contribution in [0.3, 0.4) is 0 Å². The third kappa shape index (κ3) is 2.86. The van der Waals surface area contributed by atoms with Gasteiger partial charge in [-0.2, -0.15) is 0 Å². The van der Waals surface area contributed by atoms with Crippen molar-refractivity contribution in [1.82, 2.24) is 0 Å². The number of hydrogen-bond acceptors (Lipinski definition) is 3. The maximum absolute atomic E-state index is 10.2. The third-order valence-corrected chi connectivity index (χ3v) is 3.51. The molecule has 1 aromatic carbocycles. The fraction of sp³-hybridized carbons (Fsp3) is 0.571. The number of aliphatic hydroxyl groups is 3. The maximum atomic E-state index is 10.2. The van der Waals surface area contributed by atoms with E-state index in [1.807, 2.05) is 27.7 Å². The van der Waals surface area contributed by atoms with Crippen LogP contribution in [0, 0.1) is 27.7 Å². The van der Waals surface area contributed by atoms with Crippen molar-refractivity contribution < 1.29 is 15.3 Å². The Bertz CT molecular complexity index is 373. The van der Waals surface area contributed by atoms with Crippen LogP contribution in [-0.2, 0) is 0 Å². The summed E-state index contributed by atoms with van der Waals surface area (Å²) in [5, 5.41) is 28.8. The van der Waals surface area contributed by atoms with Gasteiger partial charge >= 0.3 is 0 Å². The lowest BCUT2D eigenvalue weighted by molar-refractivity contribution is 0.00349. The van der Waals surface area contributed by atoms with Crippen LogP contribution in [0.4, 0.5) is 0 Å². The van der Waals surface area contributed by atoms with Gasteiger partial charge in [-0.1, -0.05) is 6.07 Å². The average Bonchev–Trinajstić information content (AvgIpc) is 2.27. The minimum atomic E-state index is -0.930. The van der Waals surface area contributed by atoms with E-state index in [0.717, 1.165) is 27.8 Å². The molecule has 0 aliphatic heterocycles. The zero-order valence-electron chi connectivity index (χ0n) is 11.0. The largest absolute Gasteiger partial charge is 0.396 e. The third-order valence-electron chi connectivity index (χ3n) is 3.51. The van der Waals surface area contributed by atoms with Crippen LogP contribution < -0.4 is 0 Å². The van der Waals surface area contributed by atoms with E-state index in [9.17, 15) is 10.2 Å². The molecule has 0 spiro atoms. The van der Waals surface area contributed by atoms with Gasteiger partial charge in [0.05, 0.1) is 6.10 Å². The molecule has 17 heavy (non-hydrogen) atoms. The molecule has 0 saturated heterocycles. The summed E-state index contributed by atoms with van der Waals surface area (Å²) in [6, 6.07) is 2.08. The van der Waals surface area contributed by atoms with Gasteiger partial charge in [-0.25, -0.2) is 0 Å². The quantitative estimate of drug-likeness (QED) is 0.748. The molecule has 1 rings (SSSR count). The summed E-state index contributed by atoms with van der Waals surface area (Å²) in [7, 11) is 0. The predicted octanol–water partition coefficient (Wildman–Crippen LogP) is 1.70. The van der Waals surface area contributed by atoms with Gasteiger partial charge in [0.1, 0.15) is 6.10 Å². The molecule has 0 aromatic heterocycles. The number of benzene rings is 1. The second kappa shape index (κ2) is 5.63. The first-order chi connectivity index (χ1) is 7.90.